The lowest BCUT2D eigenvalue weighted by atomic mass is 10.2. The number of nitrogens with one attached hydrogen (secondary N) is 1. The molecule has 0 saturated heterocycles. The van der Waals surface area contributed by atoms with E-state index in [9.17, 15) is 4.79 Å². The molecular formula is C20H25ClN2OS. The summed E-state index contributed by atoms with van der Waals surface area (Å²) in [5.41, 5.74) is 3.25. The Hall–Kier alpha value is -1.49. The summed E-state index contributed by atoms with van der Waals surface area (Å²) in [4.78, 5) is 14.5. The molecule has 0 aromatic heterocycles. The first-order valence-electron chi connectivity index (χ1n) is 8.54. The highest BCUT2D eigenvalue weighted by Gasteiger charge is 2.06. The van der Waals surface area contributed by atoms with Crippen molar-refractivity contribution in [1.29, 1.82) is 0 Å². The minimum Gasteiger partial charge on any atom is -0.325 e. The summed E-state index contributed by atoms with van der Waals surface area (Å²) in [5, 5.41) is 3.72. The van der Waals surface area contributed by atoms with E-state index >= 15 is 0 Å². The van der Waals surface area contributed by atoms with Crippen LogP contribution in [0, 0.1) is 0 Å². The SMILES string of the molecule is CCN(CC)Cc1cccc(NC(=O)CSCc2ccc(Cl)cc2)c1. The number of anilines is 1. The van der Waals surface area contributed by atoms with Gasteiger partial charge in [0.25, 0.3) is 0 Å². The molecule has 1 N–H and O–H groups in total. The van der Waals surface area contributed by atoms with Gasteiger partial charge in [-0.2, -0.15) is 0 Å². The maximum atomic E-state index is 12.1. The van der Waals surface area contributed by atoms with Crippen LogP contribution in [0.3, 0.4) is 0 Å². The van der Waals surface area contributed by atoms with Crippen molar-refractivity contribution in [3.63, 3.8) is 0 Å². The highest BCUT2D eigenvalue weighted by molar-refractivity contribution is 7.99. The van der Waals surface area contributed by atoms with E-state index in [1.54, 1.807) is 11.8 Å². The Morgan fingerprint density at radius 1 is 1.08 bits per heavy atom. The van der Waals surface area contributed by atoms with Gasteiger partial charge in [-0.3, -0.25) is 9.69 Å². The molecule has 0 atom stereocenters. The van der Waals surface area contributed by atoms with Gasteiger partial charge >= 0.3 is 0 Å². The highest BCUT2D eigenvalue weighted by Crippen LogP contribution is 2.17. The summed E-state index contributed by atoms with van der Waals surface area (Å²) in [5.74, 6) is 1.26. The van der Waals surface area contributed by atoms with Gasteiger partial charge in [-0.1, -0.05) is 49.7 Å². The normalized spacial score (nSPS) is 10.9. The zero-order valence-corrected chi connectivity index (χ0v) is 16.4. The van der Waals surface area contributed by atoms with E-state index < -0.39 is 0 Å². The molecule has 0 saturated carbocycles. The van der Waals surface area contributed by atoms with Crippen LogP contribution in [0.5, 0.6) is 0 Å². The van der Waals surface area contributed by atoms with E-state index in [0.29, 0.717) is 5.75 Å². The number of benzene rings is 2. The molecule has 2 rings (SSSR count). The molecule has 0 aliphatic carbocycles. The maximum Gasteiger partial charge on any atom is 0.234 e. The van der Waals surface area contributed by atoms with Crippen molar-refractivity contribution in [3.05, 3.63) is 64.7 Å². The fraction of sp³-hybridized carbons (Fsp3) is 0.350. The van der Waals surface area contributed by atoms with Crippen LogP contribution in [0.1, 0.15) is 25.0 Å². The molecule has 0 unspecified atom stereocenters. The van der Waals surface area contributed by atoms with Crippen molar-refractivity contribution in [1.82, 2.24) is 4.90 Å². The van der Waals surface area contributed by atoms with Crippen LogP contribution in [0.15, 0.2) is 48.5 Å². The van der Waals surface area contributed by atoms with Crippen LogP contribution < -0.4 is 5.32 Å². The van der Waals surface area contributed by atoms with Crippen LogP contribution in [0.25, 0.3) is 0 Å². The summed E-state index contributed by atoms with van der Waals surface area (Å²) < 4.78 is 0. The molecule has 134 valence electrons. The van der Waals surface area contributed by atoms with E-state index in [4.69, 9.17) is 11.6 Å². The third-order valence-electron chi connectivity index (χ3n) is 3.93. The van der Waals surface area contributed by atoms with Gasteiger partial charge in [0.15, 0.2) is 0 Å². The lowest BCUT2D eigenvalue weighted by molar-refractivity contribution is -0.113. The Bertz CT molecular complexity index is 672. The first-order valence-corrected chi connectivity index (χ1v) is 10.1. The molecule has 1 amide bonds. The molecule has 0 aliphatic rings. The van der Waals surface area contributed by atoms with E-state index in [1.165, 1.54) is 11.1 Å². The molecule has 0 bridgehead atoms. The number of carbonyl (C=O) groups excluding carboxylic acids is 1. The Morgan fingerprint density at radius 2 is 1.80 bits per heavy atom. The monoisotopic (exact) mass is 376 g/mol. The molecule has 0 heterocycles. The van der Waals surface area contributed by atoms with Crippen LogP contribution in [0.2, 0.25) is 5.02 Å². The predicted octanol–water partition coefficient (Wildman–Crippen LogP) is 5.05. The van der Waals surface area contributed by atoms with E-state index in [-0.39, 0.29) is 5.91 Å². The summed E-state index contributed by atoms with van der Waals surface area (Å²) in [6.45, 7) is 7.27. The van der Waals surface area contributed by atoms with Gasteiger partial charge in [0, 0.05) is 23.0 Å². The quantitative estimate of drug-likeness (QED) is 0.664. The predicted molar refractivity (Wildman–Crippen MR) is 109 cm³/mol. The van der Waals surface area contributed by atoms with Crippen molar-refractivity contribution < 1.29 is 4.79 Å². The second kappa shape index (κ2) is 10.5. The number of rotatable bonds is 9. The van der Waals surface area contributed by atoms with Crippen molar-refractivity contribution in [3.8, 4) is 0 Å². The number of thioether (sulfide) groups is 1. The topological polar surface area (TPSA) is 32.3 Å². The third-order valence-corrected chi connectivity index (χ3v) is 5.18. The van der Waals surface area contributed by atoms with Gasteiger partial charge in [0.2, 0.25) is 5.91 Å². The Balaban J connectivity index is 1.80. The first-order chi connectivity index (χ1) is 12.1. The van der Waals surface area contributed by atoms with Gasteiger partial charge in [0.1, 0.15) is 0 Å². The molecule has 3 nitrogen and oxygen atoms in total. The van der Waals surface area contributed by atoms with Gasteiger partial charge in [-0.05, 0) is 48.5 Å². The number of nitrogens with zero attached hydrogens (tertiary/aromatic N) is 1. The lowest BCUT2D eigenvalue weighted by Crippen LogP contribution is -2.22. The maximum absolute atomic E-state index is 12.1. The summed E-state index contributed by atoms with van der Waals surface area (Å²) in [6.07, 6.45) is 0. The second-order valence-electron chi connectivity index (χ2n) is 5.83. The largest absolute Gasteiger partial charge is 0.325 e. The first kappa shape index (κ1) is 19.8. The van der Waals surface area contributed by atoms with Gasteiger partial charge in [0.05, 0.1) is 5.75 Å². The molecule has 2 aromatic rings. The van der Waals surface area contributed by atoms with Crippen LogP contribution in [-0.4, -0.2) is 29.6 Å². The number of amides is 1. The third kappa shape index (κ3) is 7.10. The highest BCUT2D eigenvalue weighted by atomic mass is 35.5. The number of halogens is 1. The van der Waals surface area contributed by atoms with Crippen molar-refractivity contribution >= 4 is 35.0 Å². The zero-order valence-electron chi connectivity index (χ0n) is 14.8. The second-order valence-corrected chi connectivity index (χ2v) is 7.25. The van der Waals surface area contributed by atoms with Crippen LogP contribution in [0.4, 0.5) is 5.69 Å². The van der Waals surface area contributed by atoms with E-state index in [1.807, 2.05) is 36.4 Å². The van der Waals surface area contributed by atoms with E-state index in [2.05, 4.69) is 36.2 Å². The molecule has 0 radical (unpaired) electrons. The number of hydrogen-bond donors (Lipinski definition) is 1. The summed E-state index contributed by atoms with van der Waals surface area (Å²) >= 11 is 7.47. The lowest BCUT2D eigenvalue weighted by Gasteiger charge is -2.18. The number of hydrogen-bond acceptors (Lipinski definition) is 3. The van der Waals surface area contributed by atoms with Crippen LogP contribution >= 0.6 is 23.4 Å². The zero-order chi connectivity index (χ0) is 18.1. The molecule has 0 aliphatic heterocycles. The molecular weight excluding hydrogens is 352 g/mol. The molecule has 0 spiro atoms. The molecule has 5 heteroatoms. The van der Waals surface area contributed by atoms with Crippen molar-refractivity contribution in [2.24, 2.45) is 0 Å². The minimum atomic E-state index is 0.0268. The fourth-order valence-corrected chi connectivity index (χ4v) is 3.41. The standard InChI is InChI=1S/C20H25ClN2OS/c1-3-23(4-2)13-17-6-5-7-19(12-17)22-20(24)15-25-14-16-8-10-18(21)11-9-16/h5-12H,3-4,13-15H2,1-2H3,(H,22,24). The average Bonchev–Trinajstić information content (AvgIpc) is 2.61. The van der Waals surface area contributed by atoms with Gasteiger partial charge in [-0.15, -0.1) is 11.8 Å². The Morgan fingerprint density at radius 3 is 2.48 bits per heavy atom. The average molecular weight is 377 g/mol. The van der Waals surface area contributed by atoms with Gasteiger partial charge in [-0.25, -0.2) is 0 Å². The molecule has 25 heavy (non-hydrogen) atoms. The molecule has 0 fully saturated rings. The van der Waals surface area contributed by atoms with Crippen molar-refractivity contribution in [2.75, 3.05) is 24.2 Å². The smallest absolute Gasteiger partial charge is 0.234 e. The molecule has 2 aromatic carbocycles. The summed E-state index contributed by atoms with van der Waals surface area (Å²) in [7, 11) is 0. The van der Waals surface area contributed by atoms with E-state index in [0.717, 1.165) is 36.1 Å². The van der Waals surface area contributed by atoms with Crippen molar-refractivity contribution in [2.45, 2.75) is 26.1 Å². The Kier molecular flexibility index (Phi) is 8.32. The minimum absolute atomic E-state index is 0.0268. The van der Waals surface area contributed by atoms with Gasteiger partial charge < -0.3 is 5.32 Å². The summed E-state index contributed by atoms with van der Waals surface area (Å²) in [6, 6.07) is 15.8. The Labute approximate surface area is 159 Å². The van der Waals surface area contributed by atoms with Crippen LogP contribution in [-0.2, 0) is 17.1 Å². The number of carbonyl (C=O) groups is 1. The fourth-order valence-electron chi connectivity index (χ4n) is 2.49.